The molecule has 0 saturated carbocycles. The summed E-state index contributed by atoms with van der Waals surface area (Å²) in [5, 5.41) is 2.83. The Bertz CT molecular complexity index is 1090. The second-order valence-electron chi connectivity index (χ2n) is 7.90. The normalized spacial score (nSPS) is 14.9. The van der Waals surface area contributed by atoms with Crippen LogP contribution in [0.15, 0.2) is 35.2 Å². The zero-order valence-electron chi connectivity index (χ0n) is 19.1. The third-order valence-corrected chi connectivity index (χ3v) is 7.36. The van der Waals surface area contributed by atoms with E-state index in [2.05, 4.69) is 5.32 Å². The number of sulfonamides is 1. The predicted octanol–water partition coefficient (Wildman–Crippen LogP) is 3.41. The Hall–Kier alpha value is -2.62. The largest absolute Gasteiger partial charge is 0.496 e. The molecule has 3 rings (SSSR count). The van der Waals surface area contributed by atoms with Gasteiger partial charge in [-0.2, -0.15) is 4.31 Å². The van der Waals surface area contributed by atoms with Crippen LogP contribution >= 0.6 is 0 Å². The molecule has 1 heterocycles. The van der Waals surface area contributed by atoms with Crippen molar-refractivity contribution in [3.8, 4) is 11.5 Å². The van der Waals surface area contributed by atoms with E-state index in [4.69, 9.17) is 14.2 Å². The minimum Gasteiger partial charge on any atom is -0.496 e. The Labute approximate surface area is 189 Å². The summed E-state index contributed by atoms with van der Waals surface area (Å²) < 4.78 is 43.5. The summed E-state index contributed by atoms with van der Waals surface area (Å²) in [6.45, 7) is 7.17. The molecule has 1 saturated heterocycles. The van der Waals surface area contributed by atoms with Crippen LogP contribution in [0.25, 0.3) is 0 Å². The van der Waals surface area contributed by atoms with Crippen LogP contribution in [-0.4, -0.2) is 59.2 Å². The van der Waals surface area contributed by atoms with Gasteiger partial charge >= 0.3 is 0 Å². The third kappa shape index (κ3) is 4.90. The summed E-state index contributed by atoms with van der Waals surface area (Å²) in [5.74, 6) is 0.902. The number of hydrogen-bond acceptors (Lipinski definition) is 6. The molecule has 0 aliphatic carbocycles. The lowest BCUT2D eigenvalue weighted by atomic mass is 9.96. The van der Waals surface area contributed by atoms with E-state index in [0.717, 1.165) is 16.9 Å². The highest BCUT2D eigenvalue weighted by atomic mass is 32.2. The predicted molar refractivity (Wildman–Crippen MR) is 122 cm³/mol. The molecular weight excluding hydrogens is 432 g/mol. The van der Waals surface area contributed by atoms with Gasteiger partial charge in [0, 0.05) is 18.7 Å². The van der Waals surface area contributed by atoms with E-state index in [9.17, 15) is 13.2 Å². The van der Waals surface area contributed by atoms with Crippen molar-refractivity contribution >= 4 is 21.6 Å². The second-order valence-corrected chi connectivity index (χ2v) is 9.83. The first-order valence-electron chi connectivity index (χ1n) is 10.4. The van der Waals surface area contributed by atoms with Crippen LogP contribution in [-0.2, 0) is 14.8 Å². The van der Waals surface area contributed by atoms with Crippen LogP contribution in [0, 0.1) is 6.92 Å². The molecule has 1 amide bonds. The highest BCUT2D eigenvalue weighted by Gasteiger charge is 2.27. The molecule has 0 unspecified atom stereocenters. The minimum atomic E-state index is -3.72. The van der Waals surface area contributed by atoms with E-state index in [1.54, 1.807) is 13.2 Å². The SMILES string of the molecule is COc1ccc(S(=O)(=O)N2CCOCC2)cc1NC(=O)c1cc(C(C)C)c(OC)cc1C. The van der Waals surface area contributed by atoms with Crippen molar-refractivity contribution in [1.29, 1.82) is 0 Å². The summed E-state index contributed by atoms with van der Waals surface area (Å²) in [5.41, 5.74) is 2.44. The van der Waals surface area contributed by atoms with Gasteiger partial charge in [0.25, 0.3) is 5.91 Å². The fraction of sp³-hybridized carbons (Fsp3) is 0.435. The Morgan fingerprint density at radius 1 is 1.06 bits per heavy atom. The Morgan fingerprint density at radius 3 is 2.31 bits per heavy atom. The van der Waals surface area contributed by atoms with Gasteiger partial charge in [-0.1, -0.05) is 13.8 Å². The number of nitrogens with one attached hydrogen (secondary N) is 1. The van der Waals surface area contributed by atoms with Gasteiger partial charge in [-0.3, -0.25) is 4.79 Å². The monoisotopic (exact) mass is 462 g/mol. The lowest BCUT2D eigenvalue weighted by molar-refractivity contribution is 0.0730. The van der Waals surface area contributed by atoms with Crippen molar-refractivity contribution in [3.63, 3.8) is 0 Å². The number of rotatable bonds is 7. The molecule has 0 spiro atoms. The average molecular weight is 463 g/mol. The average Bonchev–Trinajstić information content (AvgIpc) is 2.78. The van der Waals surface area contributed by atoms with Gasteiger partial charge in [0.05, 0.1) is 38.0 Å². The molecule has 2 aromatic carbocycles. The van der Waals surface area contributed by atoms with Gasteiger partial charge < -0.3 is 19.5 Å². The molecule has 0 atom stereocenters. The van der Waals surface area contributed by atoms with Crippen LogP contribution in [0.2, 0.25) is 0 Å². The molecule has 1 N–H and O–H groups in total. The number of anilines is 1. The van der Waals surface area contributed by atoms with Crippen LogP contribution in [0.3, 0.4) is 0 Å². The summed E-state index contributed by atoms with van der Waals surface area (Å²) in [7, 11) is -0.643. The van der Waals surface area contributed by atoms with Crippen LogP contribution in [0.5, 0.6) is 11.5 Å². The van der Waals surface area contributed by atoms with Crippen molar-refractivity contribution in [3.05, 3.63) is 47.0 Å². The van der Waals surface area contributed by atoms with E-state index in [0.29, 0.717) is 37.6 Å². The quantitative estimate of drug-likeness (QED) is 0.678. The molecule has 1 aliphatic heterocycles. The second kappa shape index (κ2) is 9.89. The van der Waals surface area contributed by atoms with Crippen molar-refractivity contribution in [2.75, 3.05) is 45.8 Å². The lowest BCUT2D eigenvalue weighted by Gasteiger charge is -2.26. The molecule has 174 valence electrons. The number of methoxy groups -OCH3 is 2. The van der Waals surface area contributed by atoms with Crippen LogP contribution in [0.4, 0.5) is 5.69 Å². The highest BCUT2D eigenvalue weighted by molar-refractivity contribution is 7.89. The van der Waals surface area contributed by atoms with Crippen molar-refractivity contribution in [2.45, 2.75) is 31.6 Å². The summed E-state index contributed by atoms with van der Waals surface area (Å²) in [6, 6.07) is 8.11. The van der Waals surface area contributed by atoms with Crippen LogP contribution in [0.1, 0.15) is 41.3 Å². The summed E-state index contributed by atoms with van der Waals surface area (Å²) in [4.78, 5) is 13.2. The minimum absolute atomic E-state index is 0.0878. The number of amides is 1. The van der Waals surface area contributed by atoms with E-state index < -0.39 is 10.0 Å². The summed E-state index contributed by atoms with van der Waals surface area (Å²) in [6.07, 6.45) is 0. The van der Waals surface area contributed by atoms with E-state index >= 15 is 0 Å². The molecule has 8 nitrogen and oxygen atoms in total. The molecule has 1 fully saturated rings. The lowest BCUT2D eigenvalue weighted by Crippen LogP contribution is -2.40. The maximum Gasteiger partial charge on any atom is 0.256 e. The van der Waals surface area contributed by atoms with Gasteiger partial charge in [-0.15, -0.1) is 0 Å². The molecule has 32 heavy (non-hydrogen) atoms. The number of carbonyl (C=O) groups is 1. The Kier molecular flexibility index (Phi) is 7.43. The fourth-order valence-electron chi connectivity index (χ4n) is 3.64. The smallest absolute Gasteiger partial charge is 0.256 e. The van der Waals surface area contributed by atoms with Crippen molar-refractivity contribution in [2.24, 2.45) is 0 Å². The summed E-state index contributed by atoms with van der Waals surface area (Å²) >= 11 is 0. The maximum atomic E-state index is 13.2. The van der Waals surface area contributed by atoms with E-state index in [-0.39, 0.29) is 22.4 Å². The van der Waals surface area contributed by atoms with E-state index in [1.165, 1.54) is 23.5 Å². The molecule has 9 heteroatoms. The molecule has 0 bridgehead atoms. The molecule has 1 aliphatic rings. The van der Waals surface area contributed by atoms with Gasteiger partial charge in [0.15, 0.2) is 0 Å². The maximum absolute atomic E-state index is 13.2. The molecule has 0 aromatic heterocycles. The Morgan fingerprint density at radius 2 is 1.72 bits per heavy atom. The first-order chi connectivity index (χ1) is 15.2. The number of aryl methyl sites for hydroxylation is 1. The van der Waals surface area contributed by atoms with Gasteiger partial charge in [0.1, 0.15) is 11.5 Å². The van der Waals surface area contributed by atoms with Crippen LogP contribution < -0.4 is 14.8 Å². The zero-order chi connectivity index (χ0) is 23.5. The highest BCUT2D eigenvalue weighted by Crippen LogP contribution is 2.32. The Balaban J connectivity index is 1.95. The van der Waals surface area contributed by atoms with Gasteiger partial charge in [0.2, 0.25) is 10.0 Å². The standard InChI is InChI=1S/C23H30N2O6S/c1-15(2)18-14-19(16(3)12-22(18)30-5)23(26)24-20-13-17(6-7-21(20)29-4)32(27,28)25-8-10-31-11-9-25/h6-7,12-15H,8-11H2,1-5H3,(H,24,26). The van der Waals surface area contributed by atoms with Gasteiger partial charge in [-0.05, 0) is 54.3 Å². The number of hydrogen-bond donors (Lipinski definition) is 1. The third-order valence-electron chi connectivity index (χ3n) is 5.47. The topological polar surface area (TPSA) is 94.2 Å². The fourth-order valence-corrected chi connectivity index (χ4v) is 5.08. The zero-order valence-corrected chi connectivity index (χ0v) is 19.9. The number of benzene rings is 2. The number of carbonyl (C=O) groups excluding carboxylic acids is 1. The molecular formula is C23H30N2O6S. The number of nitrogens with zero attached hydrogens (tertiary/aromatic N) is 1. The first-order valence-corrected chi connectivity index (χ1v) is 11.9. The number of ether oxygens (including phenoxy) is 3. The molecule has 2 aromatic rings. The molecule has 0 radical (unpaired) electrons. The van der Waals surface area contributed by atoms with Gasteiger partial charge in [-0.25, -0.2) is 8.42 Å². The van der Waals surface area contributed by atoms with Crippen molar-refractivity contribution < 1.29 is 27.4 Å². The number of morpholine rings is 1. The van der Waals surface area contributed by atoms with Crippen molar-refractivity contribution in [1.82, 2.24) is 4.31 Å². The van der Waals surface area contributed by atoms with E-state index in [1.807, 2.05) is 32.9 Å². The first kappa shape index (κ1) is 24.0.